The van der Waals surface area contributed by atoms with Crippen LogP contribution in [0.2, 0.25) is 10.0 Å². The number of amides is 2. The Morgan fingerprint density at radius 3 is 2.43 bits per heavy atom. The number of nitrogens with one attached hydrogen (secondary N) is 2. The van der Waals surface area contributed by atoms with Crippen LogP contribution in [-0.4, -0.2) is 18.6 Å². The average Bonchev–Trinajstić information content (AvgIpc) is 3.09. The van der Waals surface area contributed by atoms with Gasteiger partial charge in [-0.15, -0.1) is 11.3 Å². The zero-order chi connectivity index (χ0) is 20.1. The predicted octanol–water partition coefficient (Wildman–Crippen LogP) is 6.54. The SMILES string of the molecule is CCOC(=O)c1cc(-c2ccccc2)sc1NC(=O)Nc1ccc(Cl)c(Cl)c1. The molecule has 0 spiro atoms. The van der Waals surface area contributed by atoms with Gasteiger partial charge in [-0.3, -0.25) is 5.32 Å². The number of hydrogen-bond donors (Lipinski definition) is 2. The minimum Gasteiger partial charge on any atom is -0.462 e. The number of ether oxygens (including phenoxy) is 1. The van der Waals surface area contributed by atoms with Crippen LogP contribution in [0.3, 0.4) is 0 Å². The van der Waals surface area contributed by atoms with Crippen LogP contribution in [0.15, 0.2) is 54.6 Å². The van der Waals surface area contributed by atoms with Gasteiger partial charge in [-0.2, -0.15) is 0 Å². The highest BCUT2D eigenvalue weighted by Crippen LogP contribution is 2.36. The lowest BCUT2D eigenvalue weighted by Crippen LogP contribution is -2.20. The van der Waals surface area contributed by atoms with E-state index >= 15 is 0 Å². The number of halogens is 2. The van der Waals surface area contributed by atoms with E-state index in [1.807, 2.05) is 30.3 Å². The first-order chi connectivity index (χ1) is 13.5. The topological polar surface area (TPSA) is 67.4 Å². The highest BCUT2D eigenvalue weighted by molar-refractivity contribution is 7.20. The number of benzene rings is 2. The Hall–Kier alpha value is -2.54. The maximum Gasteiger partial charge on any atom is 0.341 e. The van der Waals surface area contributed by atoms with Crippen LogP contribution in [0.5, 0.6) is 0 Å². The second-order valence-corrected chi connectivity index (χ2v) is 7.51. The highest BCUT2D eigenvalue weighted by atomic mass is 35.5. The van der Waals surface area contributed by atoms with Gasteiger partial charge in [-0.05, 0) is 36.8 Å². The summed E-state index contributed by atoms with van der Waals surface area (Å²) in [5.74, 6) is -0.495. The summed E-state index contributed by atoms with van der Waals surface area (Å²) in [7, 11) is 0. The summed E-state index contributed by atoms with van der Waals surface area (Å²) in [5, 5.41) is 6.50. The largest absolute Gasteiger partial charge is 0.462 e. The van der Waals surface area contributed by atoms with Gasteiger partial charge in [0.1, 0.15) is 5.00 Å². The maximum absolute atomic E-state index is 12.4. The molecule has 0 unspecified atom stereocenters. The second-order valence-electron chi connectivity index (χ2n) is 5.65. The molecule has 8 heteroatoms. The van der Waals surface area contributed by atoms with Crippen molar-refractivity contribution in [3.05, 3.63) is 70.2 Å². The van der Waals surface area contributed by atoms with E-state index in [0.29, 0.717) is 26.3 Å². The normalized spacial score (nSPS) is 10.4. The Bertz CT molecular complexity index is 1010. The summed E-state index contributed by atoms with van der Waals surface area (Å²) >= 11 is 13.1. The molecule has 0 aliphatic rings. The van der Waals surface area contributed by atoms with E-state index in [9.17, 15) is 9.59 Å². The molecule has 144 valence electrons. The van der Waals surface area contributed by atoms with Gasteiger partial charge in [-0.1, -0.05) is 53.5 Å². The third kappa shape index (κ3) is 4.84. The number of hydrogen-bond acceptors (Lipinski definition) is 4. The van der Waals surface area contributed by atoms with Crippen LogP contribution in [0, 0.1) is 0 Å². The van der Waals surface area contributed by atoms with E-state index in [4.69, 9.17) is 27.9 Å². The average molecular weight is 435 g/mol. The maximum atomic E-state index is 12.4. The molecule has 1 aromatic heterocycles. The van der Waals surface area contributed by atoms with Gasteiger partial charge < -0.3 is 10.1 Å². The molecule has 0 aliphatic heterocycles. The summed E-state index contributed by atoms with van der Waals surface area (Å²) in [4.78, 5) is 25.6. The van der Waals surface area contributed by atoms with Crippen molar-refractivity contribution in [2.75, 3.05) is 17.2 Å². The lowest BCUT2D eigenvalue weighted by atomic mass is 10.1. The fourth-order valence-electron chi connectivity index (χ4n) is 2.43. The van der Waals surface area contributed by atoms with Crippen molar-refractivity contribution in [1.82, 2.24) is 0 Å². The number of urea groups is 1. The fourth-order valence-corrected chi connectivity index (χ4v) is 3.77. The summed E-state index contributed by atoms with van der Waals surface area (Å²) in [6, 6.07) is 15.5. The van der Waals surface area contributed by atoms with Crippen molar-refractivity contribution < 1.29 is 14.3 Å². The van der Waals surface area contributed by atoms with Gasteiger partial charge in [0.15, 0.2) is 0 Å². The molecule has 0 atom stereocenters. The van der Waals surface area contributed by atoms with E-state index in [0.717, 1.165) is 10.4 Å². The predicted molar refractivity (Wildman–Crippen MR) is 115 cm³/mol. The van der Waals surface area contributed by atoms with Crippen LogP contribution in [-0.2, 0) is 4.74 Å². The van der Waals surface area contributed by atoms with Crippen molar-refractivity contribution in [3.8, 4) is 10.4 Å². The quantitative estimate of drug-likeness (QED) is 0.447. The number of anilines is 2. The molecule has 2 N–H and O–H groups in total. The molecule has 0 saturated carbocycles. The number of rotatable bonds is 5. The molecule has 0 fully saturated rings. The molecule has 3 aromatic rings. The molecule has 1 heterocycles. The zero-order valence-corrected chi connectivity index (χ0v) is 17.1. The van der Waals surface area contributed by atoms with E-state index < -0.39 is 12.0 Å². The first-order valence-corrected chi connectivity index (χ1v) is 9.94. The third-order valence-electron chi connectivity index (χ3n) is 3.69. The monoisotopic (exact) mass is 434 g/mol. The van der Waals surface area contributed by atoms with E-state index in [2.05, 4.69) is 10.6 Å². The lowest BCUT2D eigenvalue weighted by molar-refractivity contribution is 0.0528. The van der Waals surface area contributed by atoms with E-state index in [-0.39, 0.29) is 6.61 Å². The van der Waals surface area contributed by atoms with Crippen molar-refractivity contribution in [2.45, 2.75) is 6.92 Å². The number of esters is 1. The van der Waals surface area contributed by atoms with Gasteiger partial charge in [-0.25, -0.2) is 9.59 Å². The van der Waals surface area contributed by atoms with E-state index in [1.165, 1.54) is 11.3 Å². The molecule has 0 bridgehead atoms. The lowest BCUT2D eigenvalue weighted by Gasteiger charge is -2.08. The smallest absolute Gasteiger partial charge is 0.341 e. The molecular weight excluding hydrogens is 419 g/mol. The van der Waals surface area contributed by atoms with Gasteiger partial charge in [0.05, 0.1) is 22.2 Å². The second kappa shape index (κ2) is 9.10. The molecule has 0 aliphatic carbocycles. The molecular formula is C20H16Cl2N2O3S. The molecule has 2 aromatic carbocycles. The van der Waals surface area contributed by atoms with Crippen LogP contribution in [0.4, 0.5) is 15.5 Å². The van der Waals surface area contributed by atoms with Gasteiger partial charge >= 0.3 is 12.0 Å². The first-order valence-electron chi connectivity index (χ1n) is 8.37. The number of carbonyl (C=O) groups is 2. The molecule has 0 saturated heterocycles. The molecule has 28 heavy (non-hydrogen) atoms. The Labute approximate surface area is 176 Å². The van der Waals surface area contributed by atoms with Crippen LogP contribution >= 0.6 is 34.5 Å². The minimum absolute atomic E-state index is 0.240. The molecule has 0 radical (unpaired) electrons. The molecule has 5 nitrogen and oxygen atoms in total. The summed E-state index contributed by atoms with van der Waals surface area (Å²) in [5.41, 5.74) is 1.72. The number of thiophene rings is 1. The van der Waals surface area contributed by atoms with Gasteiger partial charge in [0.25, 0.3) is 0 Å². The molecule has 3 rings (SSSR count). The van der Waals surface area contributed by atoms with Crippen LogP contribution in [0.25, 0.3) is 10.4 Å². The van der Waals surface area contributed by atoms with Crippen molar-refractivity contribution in [3.63, 3.8) is 0 Å². The van der Waals surface area contributed by atoms with E-state index in [1.54, 1.807) is 31.2 Å². The van der Waals surface area contributed by atoms with Gasteiger partial charge in [0.2, 0.25) is 0 Å². The Morgan fingerprint density at radius 1 is 1.00 bits per heavy atom. The van der Waals surface area contributed by atoms with Gasteiger partial charge in [0, 0.05) is 10.6 Å². The Kier molecular flexibility index (Phi) is 6.57. The van der Waals surface area contributed by atoms with Crippen molar-refractivity contribution in [2.24, 2.45) is 0 Å². The number of carbonyl (C=O) groups excluding carboxylic acids is 2. The summed E-state index contributed by atoms with van der Waals surface area (Å²) in [6.07, 6.45) is 0. The summed E-state index contributed by atoms with van der Waals surface area (Å²) in [6.45, 7) is 1.97. The molecule has 2 amide bonds. The zero-order valence-electron chi connectivity index (χ0n) is 14.8. The first kappa shape index (κ1) is 20.2. The summed E-state index contributed by atoms with van der Waals surface area (Å²) < 4.78 is 5.11. The minimum atomic E-state index is -0.509. The van der Waals surface area contributed by atoms with Crippen LogP contribution in [0.1, 0.15) is 17.3 Å². The van der Waals surface area contributed by atoms with Crippen molar-refractivity contribution >= 4 is 57.2 Å². The highest BCUT2D eigenvalue weighted by Gasteiger charge is 2.20. The standard InChI is InChI=1S/C20H16Cl2N2O3S/c1-2-27-19(25)14-11-17(12-6-4-3-5-7-12)28-18(14)24-20(26)23-13-8-9-15(21)16(22)10-13/h3-11H,2H2,1H3,(H2,23,24,26). The third-order valence-corrected chi connectivity index (χ3v) is 5.53. The van der Waals surface area contributed by atoms with Crippen LogP contribution < -0.4 is 10.6 Å². The van der Waals surface area contributed by atoms with Crippen molar-refractivity contribution in [1.29, 1.82) is 0 Å². The Morgan fingerprint density at radius 2 is 1.75 bits per heavy atom. The Balaban J connectivity index is 1.84. The fraction of sp³-hybridized carbons (Fsp3) is 0.100.